The van der Waals surface area contributed by atoms with E-state index in [0.29, 0.717) is 12.2 Å². The van der Waals surface area contributed by atoms with Crippen LogP contribution in [0.5, 0.6) is 5.75 Å². The van der Waals surface area contributed by atoms with Crippen molar-refractivity contribution < 1.29 is 14.3 Å². The van der Waals surface area contributed by atoms with Crippen molar-refractivity contribution in [3.63, 3.8) is 0 Å². The van der Waals surface area contributed by atoms with Crippen LogP contribution in [0.15, 0.2) is 48.5 Å². The van der Waals surface area contributed by atoms with Gasteiger partial charge in [-0.05, 0) is 68.6 Å². The highest BCUT2D eigenvalue weighted by Gasteiger charge is 2.23. The number of nitrogens with one attached hydrogen (secondary N) is 1. The molecule has 29 heavy (non-hydrogen) atoms. The van der Waals surface area contributed by atoms with E-state index in [1.165, 1.54) is 18.1 Å². The monoisotopic (exact) mass is 394 g/mol. The molecule has 5 heteroatoms. The number of carbonyl (C=O) groups is 2. The number of aryl methyl sites for hydroxylation is 1. The molecule has 0 spiro atoms. The Hall–Kier alpha value is -2.66. The summed E-state index contributed by atoms with van der Waals surface area (Å²) in [7, 11) is 4.09. The Morgan fingerprint density at radius 2 is 1.86 bits per heavy atom. The van der Waals surface area contributed by atoms with Crippen LogP contribution in [0.1, 0.15) is 48.9 Å². The third-order valence-corrected chi connectivity index (χ3v) is 5.56. The Bertz CT molecular complexity index is 845. The molecule has 5 nitrogen and oxygen atoms in total. The average molecular weight is 395 g/mol. The Morgan fingerprint density at radius 1 is 1.14 bits per heavy atom. The van der Waals surface area contributed by atoms with E-state index in [1.807, 2.05) is 44.4 Å². The van der Waals surface area contributed by atoms with Gasteiger partial charge in [-0.3, -0.25) is 9.59 Å². The number of hydrogen-bond donors (Lipinski definition) is 1. The lowest BCUT2D eigenvalue weighted by atomic mass is 10.0. The molecule has 0 saturated heterocycles. The second-order valence-electron chi connectivity index (χ2n) is 7.96. The van der Waals surface area contributed by atoms with Gasteiger partial charge in [0, 0.05) is 19.4 Å². The van der Waals surface area contributed by atoms with Crippen LogP contribution < -0.4 is 10.1 Å². The first-order valence-corrected chi connectivity index (χ1v) is 10.2. The van der Waals surface area contributed by atoms with E-state index in [-0.39, 0.29) is 24.0 Å². The number of rotatable bonds is 8. The summed E-state index contributed by atoms with van der Waals surface area (Å²) in [6.07, 6.45) is 4.15. The van der Waals surface area contributed by atoms with Crippen molar-refractivity contribution in [2.24, 2.45) is 0 Å². The van der Waals surface area contributed by atoms with Crippen molar-refractivity contribution in [2.75, 3.05) is 14.1 Å². The Labute approximate surface area is 173 Å². The number of amides is 1. The summed E-state index contributed by atoms with van der Waals surface area (Å²) in [6.45, 7) is 1.39. The fourth-order valence-electron chi connectivity index (χ4n) is 3.95. The summed E-state index contributed by atoms with van der Waals surface area (Å²) < 4.78 is 5.09. The number of esters is 1. The second kappa shape index (κ2) is 9.70. The van der Waals surface area contributed by atoms with Gasteiger partial charge in [0.25, 0.3) is 0 Å². The summed E-state index contributed by atoms with van der Waals surface area (Å²) in [5, 5.41) is 3.21. The number of hydrogen-bond acceptors (Lipinski definition) is 4. The molecule has 1 unspecified atom stereocenters. The van der Waals surface area contributed by atoms with Crippen LogP contribution in [-0.2, 0) is 22.4 Å². The highest BCUT2D eigenvalue weighted by molar-refractivity contribution is 5.76. The zero-order chi connectivity index (χ0) is 20.8. The first-order valence-electron chi connectivity index (χ1n) is 10.2. The molecule has 2 atom stereocenters. The summed E-state index contributed by atoms with van der Waals surface area (Å²) in [5.41, 5.74) is 3.77. The molecular weight excluding hydrogens is 364 g/mol. The van der Waals surface area contributed by atoms with Gasteiger partial charge < -0.3 is 15.0 Å². The molecule has 3 rings (SSSR count). The van der Waals surface area contributed by atoms with Crippen LogP contribution in [0, 0.1) is 0 Å². The predicted octanol–water partition coefficient (Wildman–Crippen LogP) is 3.67. The zero-order valence-electron chi connectivity index (χ0n) is 17.5. The first-order chi connectivity index (χ1) is 13.9. The maximum Gasteiger partial charge on any atom is 0.308 e. The highest BCUT2D eigenvalue weighted by atomic mass is 16.5. The van der Waals surface area contributed by atoms with E-state index >= 15 is 0 Å². The average Bonchev–Trinajstić information content (AvgIpc) is 3.08. The molecule has 0 aromatic heterocycles. The second-order valence-corrected chi connectivity index (χ2v) is 7.96. The van der Waals surface area contributed by atoms with Gasteiger partial charge in [0.2, 0.25) is 5.91 Å². The number of fused-ring (bicyclic) bond motifs is 1. The van der Waals surface area contributed by atoms with E-state index in [2.05, 4.69) is 28.4 Å². The Kier molecular flexibility index (Phi) is 7.04. The van der Waals surface area contributed by atoms with Gasteiger partial charge in [-0.15, -0.1) is 0 Å². The molecule has 2 aromatic rings. The van der Waals surface area contributed by atoms with Crippen LogP contribution in [0.2, 0.25) is 0 Å². The van der Waals surface area contributed by atoms with Gasteiger partial charge in [-0.25, -0.2) is 0 Å². The molecule has 0 saturated carbocycles. The third kappa shape index (κ3) is 5.91. The molecule has 1 aliphatic carbocycles. The van der Waals surface area contributed by atoms with Crippen LogP contribution in [-0.4, -0.2) is 36.9 Å². The van der Waals surface area contributed by atoms with Crippen molar-refractivity contribution in [1.29, 1.82) is 0 Å². The smallest absolute Gasteiger partial charge is 0.308 e. The van der Waals surface area contributed by atoms with Crippen LogP contribution in [0.25, 0.3) is 0 Å². The molecule has 1 N–H and O–H groups in total. The molecule has 0 heterocycles. The minimum atomic E-state index is -0.320. The third-order valence-electron chi connectivity index (χ3n) is 5.56. The van der Waals surface area contributed by atoms with E-state index in [0.717, 1.165) is 31.2 Å². The van der Waals surface area contributed by atoms with Gasteiger partial charge in [0.15, 0.2) is 0 Å². The molecule has 0 bridgehead atoms. The molecule has 2 aromatic carbocycles. The van der Waals surface area contributed by atoms with Crippen molar-refractivity contribution in [2.45, 2.75) is 51.1 Å². The number of benzene rings is 2. The Balaban J connectivity index is 1.51. The largest absolute Gasteiger partial charge is 0.427 e. The van der Waals surface area contributed by atoms with E-state index in [9.17, 15) is 9.59 Å². The van der Waals surface area contributed by atoms with E-state index in [1.54, 1.807) is 0 Å². The minimum absolute atomic E-state index is 0.115. The highest BCUT2D eigenvalue weighted by Crippen LogP contribution is 2.30. The maximum atomic E-state index is 12.6. The van der Waals surface area contributed by atoms with Gasteiger partial charge >= 0.3 is 5.97 Å². The molecule has 0 radical (unpaired) electrons. The molecule has 154 valence electrons. The van der Waals surface area contributed by atoms with Crippen LogP contribution in [0.4, 0.5) is 0 Å². The summed E-state index contributed by atoms with van der Waals surface area (Å²) >= 11 is 0. The standard InChI is InChI=1S/C24H30N2O3/c1-17(27)29-21-12-8-18(9-13-21)16-20(26(2)3)11-15-24(28)25-23-14-10-19-6-4-5-7-22(19)23/h4-9,12-13,20,23H,10-11,14-16H2,1-3H3,(H,25,28)/t20-,23?/m1/s1. The molecule has 0 aliphatic heterocycles. The predicted molar refractivity (Wildman–Crippen MR) is 114 cm³/mol. The first kappa shape index (κ1) is 21.1. The van der Waals surface area contributed by atoms with Crippen LogP contribution >= 0.6 is 0 Å². The van der Waals surface area contributed by atoms with E-state index in [4.69, 9.17) is 4.74 Å². The lowest BCUT2D eigenvalue weighted by Crippen LogP contribution is -2.33. The molecular formula is C24H30N2O3. The molecule has 1 aliphatic rings. The number of carbonyl (C=O) groups excluding carboxylic acids is 2. The van der Waals surface area contributed by atoms with Crippen molar-refractivity contribution >= 4 is 11.9 Å². The van der Waals surface area contributed by atoms with Gasteiger partial charge in [-0.2, -0.15) is 0 Å². The summed E-state index contributed by atoms with van der Waals surface area (Å²) in [4.78, 5) is 25.8. The van der Waals surface area contributed by atoms with Gasteiger partial charge in [-0.1, -0.05) is 36.4 Å². The fraction of sp³-hybridized carbons (Fsp3) is 0.417. The Morgan fingerprint density at radius 3 is 2.55 bits per heavy atom. The normalized spacial score (nSPS) is 16.3. The summed E-state index contributed by atoms with van der Waals surface area (Å²) in [5.74, 6) is 0.349. The van der Waals surface area contributed by atoms with Crippen LogP contribution in [0.3, 0.4) is 0 Å². The molecule has 1 amide bonds. The van der Waals surface area contributed by atoms with Gasteiger partial charge in [0.1, 0.15) is 5.75 Å². The van der Waals surface area contributed by atoms with Crippen molar-refractivity contribution in [3.05, 3.63) is 65.2 Å². The lowest BCUT2D eigenvalue weighted by molar-refractivity contribution is -0.131. The van der Waals surface area contributed by atoms with Gasteiger partial charge in [0.05, 0.1) is 6.04 Å². The zero-order valence-corrected chi connectivity index (χ0v) is 17.5. The number of nitrogens with zero attached hydrogens (tertiary/aromatic N) is 1. The summed E-state index contributed by atoms with van der Waals surface area (Å²) in [6, 6.07) is 16.4. The quantitative estimate of drug-likeness (QED) is 0.548. The number of likely N-dealkylation sites (N-methyl/N-ethyl adjacent to an activating group) is 1. The SMILES string of the molecule is CC(=O)Oc1ccc(C[C@@H](CCC(=O)NC2CCc3ccccc32)N(C)C)cc1. The van der Waals surface area contributed by atoms with Crippen molar-refractivity contribution in [3.8, 4) is 5.75 Å². The fourth-order valence-corrected chi connectivity index (χ4v) is 3.95. The topological polar surface area (TPSA) is 58.6 Å². The minimum Gasteiger partial charge on any atom is -0.427 e. The lowest BCUT2D eigenvalue weighted by Gasteiger charge is -2.25. The van der Waals surface area contributed by atoms with Crippen molar-refractivity contribution in [1.82, 2.24) is 10.2 Å². The maximum absolute atomic E-state index is 12.6. The molecule has 0 fully saturated rings. The van der Waals surface area contributed by atoms with E-state index < -0.39 is 0 Å². The number of ether oxygens (including phenoxy) is 1.